The van der Waals surface area contributed by atoms with Crippen molar-refractivity contribution in [2.24, 2.45) is 0 Å². The number of imidazole rings is 2. The number of carbonyl (C=O) groups excluding carboxylic acids is 1. The Balaban J connectivity index is 0.000000415. The Morgan fingerprint density at radius 3 is 1.96 bits per heavy atom. The second-order valence-electron chi connectivity index (χ2n) is 11.3. The number of carbonyl (C=O) groups is 1. The van der Waals surface area contributed by atoms with Gasteiger partial charge >= 0.3 is 17.5 Å². The molecule has 0 saturated carbocycles. The van der Waals surface area contributed by atoms with Crippen molar-refractivity contribution in [3.8, 4) is 0 Å². The van der Waals surface area contributed by atoms with E-state index >= 15 is 0 Å². The first kappa shape index (κ1) is 39.7. The zero-order valence-electron chi connectivity index (χ0n) is 28.1. The maximum absolute atomic E-state index is 12.8. The summed E-state index contributed by atoms with van der Waals surface area (Å²) in [4.78, 5) is 59.2. The molecule has 0 aliphatic heterocycles. The van der Waals surface area contributed by atoms with Crippen LogP contribution >= 0.6 is 28.3 Å². The second-order valence-corrected chi connectivity index (χ2v) is 12.2. The van der Waals surface area contributed by atoms with Crippen LogP contribution in [0.1, 0.15) is 86.2 Å². The van der Waals surface area contributed by atoms with Crippen molar-refractivity contribution in [2.75, 3.05) is 33.1 Å². The molecule has 4 aromatic rings. The molecule has 0 aliphatic rings. The molecule has 4 heterocycles. The van der Waals surface area contributed by atoms with Gasteiger partial charge in [-0.05, 0) is 76.5 Å². The number of H-pyrrole nitrogens is 1. The van der Waals surface area contributed by atoms with E-state index in [2.05, 4.69) is 60.0 Å². The van der Waals surface area contributed by atoms with Gasteiger partial charge in [-0.3, -0.25) is 14.1 Å². The summed E-state index contributed by atoms with van der Waals surface area (Å²) in [5, 5.41) is 2.75. The lowest BCUT2D eigenvalue weighted by Crippen LogP contribution is -2.35. The van der Waals surface area contributed by atoms with E-state index in [-0.39, 0.29) is 35.8 Å². The van der Waals surface area contributed by atoms with Gasteiger partial charge < -0.3 is 15.0 Å². The predicted molar refractivity (Wildman–Crippen MR) is 185 cm³/mol. The molecule has 252 valence electrons. The number of rotatable bonds is 7. The molecule has 0 amide bonds. The largest absolute Gasteiger partial charge is 0.443 e. The summed E-state index contributed by atoms with van der Waals surface area (Å²) in [5.74, 6) is 0.751. The molecule has 0 unspecified atom stereocenters. The molecule has 0 aliphatic carbocycles. The summed E-state index contributed by atoms with van der Waals surface area (Å²) in [5.41, 5.74) is 0.471. The van der Waals surface area contributed by atoms with Crippen molar-refractivity contribution < 1.29 is 9.53 Å². The Kier molecular flexibility index (Phi) is 15.4. The summed E-state index contributed by atoms with van der Waals surface area (Å²) in [6, 6.07) is 0.107. The van der Waals surface area contributed by atoms with Crippen molar-refractivity contribution in [3.63, 3.8) is 0 Å². The van der Waals surface area contributed by atoms with Crippen LogP contribution < -0.4 is 21.6 Å². The Labute approximate surface area is 278 Å². The van der Waals surface area contributed by atoms with E-state index in [9.17, 15) is 14.4 Å². The van der Waals surface area contributed by atoms with Crippen LogP contribution in [0.5, 0.6) is 0 Å². The standard InChI is InChI=1S/C15H21BrN4O3.C12H19N5O.C2H7N.ClH/c1-6-9(7-2)19-12-11(17-8-10(16)18-12)20(13(19)21)14(22)23-15(3,4)5;1-5-8(6-2)17-11-10(15-12(17)18)13-7-9(14-11)16(3)4;1-3-2;/h8-9H,6-7H2,1-5H3;7-8H,5-6H2,1-4H3,(H,13,15,18);3H,1-2H3;1H. The van der Waals surface area contributed by atoms with Crippen LogP contribution in [-0.2, 0) is 4.74 Å². The summed E-state index contributed by atoms with van der Waals surface area (Å²) in [6.07, 6.45) is 5.67. The maximum atomic E-state index is 12.8. The number of halogens is 2. The molecule has 4 aromatic heterocycles. The highest BCUT2D eigenvalue weighted by Gasteiger charge is 2.27. The minimum atomic E-state index is -0.742. The third kappa shape index (κ3) is 9.60. The zero-order valence-corrected chi connectivity index (χ0v) is 30.5. The monoisotopic (exact) mass is 714 g/mol. The van der Waals surface area contributed by atoms with E-state index in [0.29, 0.717) is 21.5 Å². The molecule has 45 heavy (non-hydrogen) atoms. The number of aromatic amines is 1. The number of hydrogen-bond donors (Lipinski definition) is 2. The average molecular weight is 716 g/mol. The highest BCUT2D eigenvalue weighted by atomic mass is 79.9. The Bertz CT molecular complexity index is 1650. The summed E-state index contributed by atoms with van der Waals surface area (Å²) in [7, 11) is 7.56. The van der Waals surface area contributed by atoms with Gasteiger partial charge in [0.05, 0.1) is 12.4 Å². The zero-order chi connectivity index (χ0) is 33.4. The molecule has 0 bridgehead atoms. The summed E-state index contributed by atoms with van der Waals surface area (Å²) in [6.45, 7) is 13.4. The number of ether oxygens (including phenoxy) is 1. The molecular formula is C29H48BrClN10O4. The van der Waals surface area contributed by atoms with Crippen molar-refractivity contribution in [2.45, 2.75) is 91.8 Å². The fourth-order valence-electron chi connectivity index (χ4n) is 4.51. The van der Waals surface area contributed by atoms with E-state index in [1.807, 2.05) is 46.9 Å². The van der Waals surface area contributed by atoms with E-state index in [0.717, 1.165) is 36.1 Å². The summed E-state index contributed by atoms with van der Waals surface area (Å²) >= 11 is 3.26. The number of nitrogens with zero attached hydrogens (tertiary/aromatic N) is 8. The van der Waals surface area contributed by atoms with Gasteiger partial charge in [0.15, 0.2) is 22.6 Å². The third-order valence-electron chi connectivity index (χ3n) is 6.61. The Hall–Kier alpha value is -3.30. The average Bonchev–Trinajstić information content (AvgIpc) is 3.42. The minimum absolute atomic E-state index is 0. The van der Waals surface area contributed by atoms with Gasteiger partial charge in [-0.15, -0.1) is 12.4 Å². The van der Waals surface area contributed by atoms with Crippen LogP contribution in [0.3, 0.4) is 0 Å². The third-order valence-corrected chi connectivity index (χ3v) is 6.99. The van der Waals surface area contributed by atoms with Crippen LogP contribution in [0.2, 0.25) is 0 Å². The van der Waals surface area contributed by atoms with Crippen molar-refractivity contribution in [1.29, 1.82) is 0 Å². The normalized spacial score (nSPS) is 11.2. The lowest BCUT2D eigenvalue weighted by molar-refractivity contribution is 0.0535. The lowest BCUT2D eigenvalue weighted by atomic mass is 10.2. The van der Waals surface area contributed by atoms with E-state index in [1.165, 1.54) is 10.8 Å². The first-order chi connectivity index (χ1) is 20.7. The van der Waals surface area contributed by atoms with Crippen LogP contribution in [-0.4, -0.2) is 78.5 Å². The topological polar surface area (TPSA) is 158 Å². The predicted octanol–water partition coefficient (Wildman–Crippen LogP) is 5.30. The highest BCUT2D eigenvalue weighted by molar-refractivity contribution is 9.10. The number of anilines is 1. The first-order valence-corrected chi connectivity index (χ1v) is 15.6. The Morgan fingerprint density at radius 2 is 1.47 bits per heavy atom. The minimum Gasteiger partial charge on any atom is -0.443 e. The fourth-order valence-corrected chi connectivity index (χ4v) is 4.78. The fraction of sp³-hybridized carbons (Fsp3) is 0.621. The molecule has 0 atom stereocenters. The molecule has 2 N–H and O–H groups in total. The quantitative estimate of drug-likeness (QED) is 0.257. The molecule has 0 aromatic carbocycles. The van der Waals surface area contributed by atoms with Gasteiger partial charge in [0.2, 0.25) is 0 Å². The van der Waals surface area contributed by atoms with Crippen molar-refractivity contribution in [3.05, 3.63) is 38.0 Å². The highest BCUT2D eigenvalue weighted by Crippen LogP contribution is 2.22. The molecule has 0 radical (unpaired) electrons. The lowest BCUT2D eigenvalue weighted by Gasteiger charge is -2.19. The molecule has 0 spiro atoms. The van der Waals surface area contributed by atoms with E-state index in [4.69, 9.17) is 4.74 Å². The maximum Gasteiger partial charge on any atom is 0.424 e. The smallest absolute Gasteiger partial charge is 0.424 e. The molecule has 0 saturated heterocycles. The van der Waals surface area contributed by atoms with Gasteiger partial charge in [0.25, 0.3) is 0 Å². The SMILES string of the molecule is CCC(CC)n1c(=O)[nH]c2ncc(N(C)C)nc21.CCC(CC)n1c(=O)n(C(=O)OC(C)(C)C)c2ncc(Br)nc21.CNC.Cl. The Morgan fingerprint density at radius 1 is 0.933 bits per heavy atom. The van der Waals surface area contributed by atoms with Crippen LogP contribution in [0.15, 0.2) is 26.6 Å². The number of fused-ring (bicyclic) bond motifs is 2. The van der Waals surface area contributed by atoms with E-state index < -0.39 is 17.4 Å². The molecule has 14 nitrogen and oxygen atoms in total. The summed E-state index contributed by atoms with van der Waals surface area (Å²) < 4.78 is 10.0. The van der Waals surface area contributed by atoms with Crippen LogP contribution in [0.4, 0.5) is 10.6 Å². The first-order valence-electron chi connectivity index (χ1n) is 14.8. The van der Waals surface area contributed by atoms with Crippen molar-refractivity contribution in [1.82, 2.24) is 43.9 Å². The van der Waals surface area contributed by atoms with Crippen LogP contribution in [0.25, 0.3) is 22.6 Å². The molecule has 0 fully saturated rings. The van der Waals surface area contributed by atoms with Gasteiger partial charge in [0, 0.05) is 26.2 Å². The molecular weight excluding hydrogens is 668 g/mol. The number of hydrogen-bond acceptors (Lipinski definition) is 10. The number of nitrogens with one attached hydrogen (secondary N) is 2. The second kappa shape index (κ2) is 17.4. The van der Waals surface area contributed by atoms with Crippen molar-refractivity contribution >= 4 is 62.8 Å². The number of aromatic nitrogens is 8. The van der Waals surface area contributed by atoms with Gasteiger partial charge in [-0.25, -0.2) is 34.3 Å². The molecule has 4 rings (SSSR count). The van der Waals surface area contributed by atoms with Gasteiger partial charge in [-0.2, -0.15) is 4.57 Å². The van der Waals surface area contributed by atoms with Crippen LogP contribution in [0, 0.1) is 0 Å². The van der Waals surface area contributed by atoms with Gasteiger partial charge in [-0.1, -0.05) is 27.7 Å². The van der Waals surface area contributed by atoms with Gasteiger partial charge in [0.1, 0.15) is 16.0 Å². The molecule has 16 heteroatoms. The van der Waals surface area contributed by atoms with E-state index in [1.54, 1.807) is 31.5 Å².